The summed E-state index contributed by atoms with van der Waals surface area (Å²) in [4.78, 5) is 12.6. The zero-order chi connectivity index (χ0) is 18.7. The minimum atomic E-state index is -0.363. The predicted octanol–water partition coefficient (Wildman–Crippen LogP) is 4.44. The summed E-state index contributed by atoms with van der Waals surface area (Å²) >= 11 is 0. The van der Waals surface area contributed by atoms with Crippen molar-refractivity contribution < 1.29 is 9.18 Å². The molecule has 1 N–H and O–H groups in total. The van der Waals surface area contributed by atoms with Crippen molar-refractivity contribution in [1.29, 1.82) is 0 Å². The molecular weight excluding hydrogens is 329 g/mol. The number of aromatic nitrogens is 2. The molecule has 0 aliphatic heterocycles. The van der Waals surface area contributed by atoms with Crippen molar-refractivity contribution >= 4 is 5.91 Å². The SMILES string of the molecule is CCCNC(=O)c1cc(-c2ccccc2F)nn1-c1ccc(C)cc1C. The molecular formula is C21H22FN3O. The van der Waals surface area contributed by atoms with Crippen LogP contribution in [0, 0.1) is 19.7 Å². The van der Waals surface area contributed by atoms with Crippen LogP contribution in [0.5, 0.6) is 0 Å². The van der Waals surface area contributed by atoms with E-state index in [1.54, 1.807) is 28.9 Å². The molecule has 0 spiro atoms. The van der Waals surface area contributed by atoms with Crippen molar-refractivity contribution in [1.82, 2.24) is 15.1 Å². The Morgan fingerprint density at radius 3 is 2.62 bits per heavy atom. The van der Waals surface area contributed by atoms with E-state index in [0.717, 1.165) is 23.2 Å². The molecule has 3 rings (SSSR count). The van der Waals surface area contributed by atoms with Gasteiger partial charge in [-0.05, 0) is 50.1 Å². The Hall–Kier alpha value is -2.95. The molecule has 0 saturated carbocycles. The van der Waals surface area contributed by atoms with E-state index >= 15 is 0 Å². The lowest BCUT2D eigenvalue weighted by molar-refractivity contribution is 0.0946. The van der Waals surface area contributed by atoms with Gasteiger partial charge in [0.1, 0.15) is 11.5 Å². The topological polar surface area (TPSA) is 46.9 Å². The molecule has 0 aliphatic carbocycles. The number of aryl methyl sites for hydroxylation is 2. The molecule has 26 heavy (non-hydrogen) atoms. The van der Waals surface area contributed by atoms with Gasteiger partial charge in [0, 0.05) is 12.1 Å². The number of amides is 1. The second-order valence-electron chi connectivity index (χ2n) is 6.35. The molecule has 0 radical (unpaired) electrons. The number of rotatable bonds is 5. The van der Waals surface area contributed by atoms with E-state index in [1.165, 1.54) is 6.07 Å². The van der Waals surface area contributed by atoms with Gasteiger partial charge < -0.3 is 5.32 Å². The Labute approximate surface area is 152 Å². The lowest BCUT2D eigenvalue weighted by Gasteiger charge is -2.11. The van der Waals surface area contributed by atoms with Crippen LogP contribution in [0.1, 0.15) is 35.0 Å². The maximum Gasteiger partial charge on any atom is 0.270 e. The maximum atomic E-state index is 14.2. The van der Waals surface area contributed by atoms with Gasteiger partial charge >= 0.3 is 0 Å². The van der Waals surface area contributed by atoms with Gasteiger partial charge in [0.25, 0.3) is 5.91 Å². The van der Waals surface area contributed by atoms with E-state index in [4.69, 9.17) is 0 Å². The number of nitrogens with one attached hydrogen (secondary N) is 1. The smallest absolute Gasteiger partial charge is 0.270 e. The molecule has 0 bridgehead atoms. The Bertz CT molecular complexity index is 946. The average Bonchev–Trinajstić information content (AvgIpc) is 3.05. The fraction of sp³-hybridized carbons (Fsp3) is 0.238. The number of nitrogens with zero attached hydrogens (tertiary/aromatic N) is 2. The predicted molar refractivity (Wildman–Crippen MR) is 101 cm³/mol. The molecule has 0 saturated heterocycles. The first kappa shape index (κ1) is 17.9. The monoisotopic (exact) mass is 351 g/mol. The van der Waals surface area contributed by atoms with E-state index in [0.29, 0.717) is 23.5 Å². The van der Waals surface area contributed by atoms with Crippen molar-refractivity contribution in [2.75, 3.05) is 6.54 Å². The van der Waals surface area contributed by atoms with Crippen LogP contribution in [-0.4, -0.2) is 22.2 Å². The summed E-state index contributed by atoms with van der Waals surface area (Å²) in [6.07, 6.45) is 0.837. The number of carbonyl (C=O) groups excluding carboxylic acids is 1. The zero-order valence-electron chi connectivity index (χ0n) is 15.2. The summed E-state index contributed by atoms with van der Waals surface area (Å²) in [5.41, 5.74) is 4.14. The molecule has 0 unspecified atom stereocenters. The molecule has 4 nitrogen and oxygen atoms in total. The van der Waals surface area contributed by atoms with E-state index < -0.39 is 0 Å². The van der Waals surface area contributed by atoms with E-state index in [2.05, 4.69) is 10.4 Å². The molecule has 1 aromatic heterocycles. The van der Waals surface area contributed by atoms with Gasteiger partial charge in [0.05, 0.1) is 11.4 Å². The summed E-state index contributed by atoms with van der Waals surface area (Å²) in [6.45, 7) is 6.55. The number of halogens is 1. The van der Waals surface area contributed by atoms with Crippen molar-refractivity contribution in [3.8, 4) is 16.9 Å². The Balaban J connectivity index is 2.15. The highest BCUT2D eigenvalue weighted by molar-refractivity contribution is 5.94. The number of hydrogen-bond acceptors (Lipinski definition) is 2. The number of carbonyl (C=O) groups is 1. The van der Waals surface area contributed by atoms with Crippen molar-refractivity contribution in [2.24, 2.45) is 0 Å². The van der Waals surface area contributed by atoms with E-state index in [1.807, 2.05) is 39.0 Å². The van der Waals surface area contributed by atoms with Gasteiger partial charge in [-0.2, -0.15) is 5.10 Å². The Morgan fingerprint density at radius 2 is 1.92 bits per heavy atom. The van der Waals surface area contributed by atoms with Gasteiger partial charge in [-0.15, -0.1) is 0 Å². The second kappa shape index (κ2) is 7.52. The molecule has 0 atom stereocenters. The van der Waals surface area contributed by atoms with Crippen LogP contribution in [0.2, 0.25) is 0 Å². The van der Waals surface area contributed by atoms with Crippen LogP contribution in [-0.2, 0) is 0 Å². The van der Waals surface area contributed by atoms with Crippen LogP contribution in [0.4, 0.5) is 4.39 Å². The van der Waals surface area contributed by atoms with Crippen LogP contribution >= 0.6 is 0 Å². The molecule has 3 aromatic rings. The summed E-state index contributed by atoms with van der Waals surface area (Å²) in [5, 5.41) is 7.42. The minimum Gasteiger partial charge on any atom is -0.351 e. The Kier molecular flexibility index (Phi) is 5.16. The summed E-state index contributed by atoms with van der Waals surface area (Å²) in [7, 11) is 0. The highest BCUT2D eigenvalue weighted by Gasteiger charge is 2.19. The Morgan fingerprint density at radius 1 is 1.15 bits per heavy atom. The molecule has 1 amide bonds. The molecule has 2 aromatic carbocycles. The van der Waals surface area contributed by atoms with Crippen molar-refractivity contribution in [3.05, 3.63) is 71.2 Å². The standard InChI is InChI=1S/C21H22FN3O/c1-4-11-23-21(26)20-13-18(16-7-5-6-8-17(16)22)24-25(20)19-10-9-14(2)12-15(19)3/h5-10,12-13H,4,11H2,1-3H3,(H,23,26). The van der Waals surface area contributed by atoms with Crippen LogP contribution in [0.25, 0.3) is 16.9 Å². The fourth-order valence-corrected chi connectivity index (χ4v) is 2.90. The largest absolute Gasteiger partial charge is 0.351 e. The minimum absolute atomic E-state index is 0.220. The summed E-state index contributed by atoms with van der Waals surface area (Å²) < 4.78 is 15.8. The summed E-state index contributed by atoms with van der Waals surface area (Å²) in [5.74, 6) is -0.583. The van der Waals surface area contributed by atoms with Gasteiger partial charge in [0.15, 0.2) is 0 Å². The van der Waals surface area contributed by atoms with Crippen LogP contribution in [0.15, 0.2) is 48.5 Å². The summed E-state index contributed by atoms with van der Waals surface area (Å²) in [6, 6.07) is 14.0. The van der Waals surface area contributed by atoms with Crippen LogP contribution in [0.3, 0.4) is 0 Å². The molecule has 0 fully saturated rings. The van der Waals surface area contributed by atoms with E-state index in [-0.39, 0.29) is 11.7 Å². The highest BCUT2D eigenvalue weighted by atomic mass is 19.1. The van der Waals surface area contributed by atoms with Gasteiger partial charge in [-0.1, -0.05) is 36.8 Å². The lowest BCUT2D eigenvalue weighted by Crippen LogP contribution is -2.26. The van der Waals surface area contributed by atoms with Gasteiger partial charge in [-0.3, -0.25) is 4.79 Å². The third-order valence-corrected chi connectivity index (χ3v) is 4.21. The normalized spacial score (nSPS) is 10.8. The number of hydrogen-bond donors (Lipinski definition) is 1. The molecule has 0 aliphatic rings. The first-order valence-corrected chi connectivity index (χ1v) is 8.72. The van der Waals surface area contributed by atoms with E-state index in [9.17, 15) is 9.18 Å². The molecule has 5 heteroatoms. The average molecular weight is 351 g/mol. The molecule has 134 valence electrons. The highest BCUT2D eigenvalue weighted by Crippen LogP contribution is 2.25. The van der Waals surface area contributed by atoms with Crippen molar-refractivity contribution in [3.63, 3.8) is 0 Å². The number of benzene rings is 2. The third kappa shape index (κ3) is 3.52. The lowest BCUT2D eigenvalue weighted by atomic mass is 10.1. The maximum absolute atomic E-state index is 14.2. The fourth-order valence-electron chi connectivity index (χ4n) is 2.90. The molecule has 1 heterocycles. The quantitative estimate of drug-likeness (QED) is 0.739. The van der Waals surface area contributed by atoms with Crippen molar-refractivity contribution in [2.45, 2.75) is 27.2 Å². The van der Waals surface area contributed by atoms with Gasteiger partial charge in [0.2, 0.25) is 0 Å². The van der Waals surface area contributed by atoms with Gasteiger partial charge in [-0.25, -0.2) is 9.07 Å². The first-order chi connectivity index (χ1) is 12.5. The first-order valence-electron chi connectivity index (χ1n) is 8.72. The zero-order valence-corrected chi connectivity index (χ0v) is 15.2. The third-order valence-electron chi connectivity index (χ3n) is 4.21. The second-order valence-corrected chi connectivity index (χ2v) is 6.35. The van der Waals surface area contributed by atoms with Crippen LogP contribution < -0.4 is 5.32 Å².